The number of rotatable bonds is 4. The molecule has 0 saturated carbocycles. The molecule has 4 nitrogen and oxygen atoms in total. The van der Waals surface area contributed by atoms with Gasteiger partial charge in [0.15, 0.2) is 0 Å². The standard InChI is InChI=1S/C22H17F3N4/c1-15-7-9-17(10-8-15)29(16-5-3-2-4-6-16)18-11-12-19(26-14-18)20-13-21(28-27-20)22(23,24)25/h2-14H,1H3,(H,27,28). The van der Waals surface area contributed by atoms with Gasteiger partial charge >= 0.3 is 6.18 Å². The Kier molecular flexibility index (Phi) is 4.80. The number of aromatic nitrogens is 3. The highest BCUT2D eigenvalue weighted by Crippen LogP contribution is 2.35. The highest BCUT2D eigenvalue weighted by molar-refractivity contribution is 5.76. The number of aromatic amines is 1. The van der Waals surface area contributed by atoms with Gasteiger partial charge in [-0.2, -0.15) is 18.3 Å². The van der Waals surface area contributed by atoms with Crippen LogP contribution in [0.2, 0.25) is 0 Å². The topological polar surface area (TPSA) is 44.8 Å². The molecule has 0 aliphatic rings. The first-order chi connectivity index (χ1) is 13.9. The number of nitrogens with one attached hydrogen (secondary N) is 1. The lowest BCUT2D eigenvalue weighted by molar-refractivity contribution is -0.141. The van der Waals surface area contributed by atoms with Crippen molar-refractivity contribution < 1.29 is 13.2 Å². The Balaban J connectivity index is 1.71. The number of anilines is 3. The summed E-state index contributed by atoms with van der Waals surface area (Å²) >= 11 is 0. The van der Waals surface area contributed by atoms with E-state index in [0.29, 0.717) is 5.69 Å². The Morgan fingerprint density at radius 1 is 0.793 bits per heavy atom. The summed E-state index contributed by atoms with van der Waals surface area (Å²) in [6, 6.07) is 22.3. The number of benzene rings is 2. The van der Waals surface area contributed by atoms with Crippen LogP contribution in [-0.4, -0.2) is 15.2 Å². The van der Waals surface area contributed by atoms with Gasteiger partial charge in [0.2, 0.25) is 0 Å². The van der Waals surface area contributed by atoms with E-state index in [2.05, 4.69) is 10.1 Å². The summed E-state index contributed by atoms with van der Waals surface area (Å²) in [5, 5.41) is 5.75. The fraction of sp³-hybridized carbons (Fsp3) is 0.0909. The van der Waals surface area contributed by atoms with Gasteiger partial charge in [-0.25, -0.2) is 0 Å². The maximum atomic E-state index is 12.8. The minimum atomic E-state index is -4.47. The molecule has 29 heavy (non-hydrogen) atoms. The van der Waals surface area contributed by atoms with E-state index in [-0.39, 0.29) is 5.69 Å². The summed E-state index contributed by atoms with van der Waals surface area (Å²) in [5.41, 5.74) is 3.44. The van der Waals surface area contributed by atoms with Crippen molar-refractivity contribution in [2.75, 3.05) is 4.90 Å². The first kappa shape index (κ1) is 18.7. The van der Waals surface area contributed by atoms with Crippen molar-refractivity contribution in [3.8, 4) is 11.4 Å². The second-order valence-corrected chi connectivity index (χ2v) is 6.57. The van der Waals surface area contributed by atoms with Crippen molar-refractivity contribution in [1.29, 1.82) is 0 Å². The van der Waals surface area contributed by atoms with Crippen LogP contribution in [0.4, 0.5) is 30.2 Å². The lowest BCUT2D eigenvalue weighted by Crippen LogP contribution is -2.10. The van der Waals surface area contributed by atoms with E-state index in [4.69, 9.17) is 0 Å². The molecule has 2 heterocycles. The monoisotopic (exact) mass is 394 g/mol. The molecule has 0 aliphatic carbocycles. The van der Waals surface area contributed by atoms with E-state index in [1.165, 1.54) is 0 Å². The molecule has 0 fully saturated rings. The van der Waals surface area contributed by atoms with Crippen LogP contribution in [-0.2, 0) is 6.18 Å². The number of pyridine rings is 1. The van der Waals surface area contributed by atoms with Gasteiger partial charge < -0.3 is 4.90 Å². The van der Waals surface area contributed by atoms with E-state index in [1.807, 2.05) is 77.6 Å². The van der Waals surface area contributed by atoms with Gasteiger partial charge in [-0.1, -0.05) is 35.9 Å². The van der Waals surface area contributed by atoms with Crippen molar-refractivity contribution in [3.63, 3.8) is 0 Å². The summed E-state index contributed by atoms with van der Waals surface area (Å²) in [4.78, 5) is 6.37. The number of para-hydroxylation sites is 1. The largest absolute Gasteiger partial charge is 0.432 e. The Hall–Kier alpha value is -3.61. The zero-order chi connectivity index (χ0) is 20.4. The Morgan fingerprint density at radius 3 is 2.03 bits per heavy atom. The molecule has 0 atom stereocenters. The molecule has 2 aromatic carbocycles. The van der Waals surface area contributed by atoms with E-state index in [1.54, 1.807) is 12.3 Å². The third-order valence-electron chi connectivity index (χ3n) is 4.46. The minimum absolute atomic E-state index is 0.144. The normalized spacial score (nSPS) is 11.4. The summed E-state index contributed by atoms with van der Waals surface area (Å²) in [7, 11) is 0. The molecule has 0 spiro atoms. The lowest BCUT2D eigenvalue weighted by Gasteiger charge is -2.25. The molecule has 0 bridgehead atoms. The van der Waals surface area contributed by atoms with E-state index >= 15 is 0 Å². The van der Waals surface area contributed by atoms with Gasteiger partial charge in [0.25, 0.3) is 0 Å². The second-order valence-electron chi connectivity index (χ2n) is 6.57. The second kappa shape index (κ2) is 7.43. The zero-order valence-electron chi connectivity index (χ0n) is 15.5. The fourth-order valence-electron chi connectivity index (χ4n) is 2.99. The molecule has 4 rings (SSSR count). The zero-order valence-corrected chi connectivity index (χ0v) is 15.5. The van der Waals surface area contributed by atoms with E-state index in [0.717, 1.165) is 28.7 Å². The maximum Gasteiger partial charge on any atom is 0.432 e. The minimum Gasteiger partial charge on any atom is -0.309 e. The number of nitrogens with zero attached hydrogens (tertiary/aromatic N) is 3. The third-order valence-corrected chi connectivity index (χ3v) is 4.46. The van der Waals surface area contributed by atoms with Crippen LogP contribution >= 0.6 is 0 Å². The van der Waals surface area contributed by atoms with E-state index < -0.39 is 11.9 Å². The van der Waals surface area contributed by atoms with Crippen LogP contribution in [0.25, 0.3) is 11.4 Å². The summed E-state index contributed by atoms with van der Waals surface area (Å²) < 4.78 is 38.4. The predicted molar refractivity (Wildman–Crippen MR) is 106 cm³/mol. The first-order valence-electron chi connectivity index (χ1n) is 8.93. The first-order valence-corrected chi connectivity index (χ1v) is 8.93. The van der Waals surface area contributed by atoms with Crippen molar-refractivity contribution >= 4 is 17.1 Å². The number of alkyl halides is 3. The molecule has 0 amide bonds. The van der Waals surface area contributed by atoms with Crippen LogP contribution < -0.4 is 4.90 Å². The highest BCUT2D eigenvalue weighted by Gasteiger charge is 2.33. The molecule has 2 aromatic heterocycles. The van der Waals surface area contributed by atoms with Crippen LogP contribution in [0.5, 0.6) is 0 Å². The maximum absolute atomic E-state index is 12.8. The number of hydrogen-bond donors (Lipinski definition) is 1. The quantitative estimate of drug-likeness (QED) is 0.444. The Morgan fingerprint density at radius 2 is 1.45 bits per heavy atom. The fourth-order valence-corrected chi connectivity index (χ4v) is 2.99. The van der Waals surface area contributed by atoms with Crippen molar-refractivity contribution in [1.82, 2.24) is 15.2 Å². The van der Waals surface area contributed by atoms with Crippen LogP contribution in [0.1, 0.15) is 11.3 Å². The summed E-state index contributed by atoms with van der Waals surface area (Å²) in [5.74, 6) is 0. The predicted octanol–water partition coefficient (Wildman–Crippen LogP) is 6.27. The average Bonchev–Trinajstić information content (AvgIpc) is 3.22. The Bertz CT molecular complexity index is 1090. The molecule has 1 N–H and O–H groups in total. The molecule has 7 heteroatoms. The number of hydrogen-bond acceptors (Lipinski definition) is 3. The highest BCUT2D eigenvalue weighted by atomic mass is 19.4. The number of aryl methyl sites for hydroxylation is 1. The van der Waals surface area contributed by atoms with Crippen LogP contribution in [0.15, 0.2) is 79.0 Å². The molecular weight excluding hydrogens is 377 g/mol. The molecule has 0 radical (unpaired) electrons. The molecule has 0 aliphatic heterocycles. The van der Waals surface area contributed by atoms with Crippen molar-refractivity contribution in [2.24, 2.45) is 0 Å². The lowest BCUT2D eigenvalue weighted by atomic mass is 10.1. The van der Waals surface area contributed by atoms with Gasteiger partial charge in [-0.3, -0.25) is 10.1 Å². The summed E-state index contributed by atoms with van der Waals surface area (Å²) in [6.45, 7) is 2.02. The molecule has 4 aromatic rings. The number of H-pyrrole nitrogens is 1. The van der Waals surface area contributed by atoms with Gasteiger partial charge in [0.05, 0.1) is 17.6 Å². The van der Waals surface area contributed by atoms with Crippen LogP contribution in [0, 0.1) is 6.92 Å². The third kappa shape index (κ3) is 3.99. The van der Waals surface area contributed by atoms with Gasteiger partial charge in [-0.15, -0.1) is 0 Å². The Labute approximate surface area is 165 Å². The van der Waals surface area contributed by atoms with Crippen molar-refractivity contribution in [3.05, 3.63) is 90.3 Å². The molecule has 146 valence electrons. The molecule has 0 saturated heterocycles. The van der Waals surface area contributed by atoms with Gasteiger partial charge in [0.1, 0.15) is 11.4 Å². The average molecular weight is 394 g/mol. The van der Waals surface area contributed by atoms with Crippen LogP contribution in [0.3, 0.4) is 0 Å². The van der Waals surface area contributed by atoms with Gasteiger partial charge in [-0.05, 0) is 49.4 Å². The molecule has 0 unspecified atom stereocenters. The summed E-state index contributed by atoms with van der Waals surface area (Å²) in [6.07, 6.45) is -2.84. The molecular formula is C22H17F3N4. The number of halogens is 3. The van der Waals surface area contributed by atoms with Gasteiger partial charge in [0, 0.05) is 11.4 Å². The van der Waals surface area contributed by atoms with Crippen molar-refractivity contribution in [2.45, 2.75) is 13.1 Å². The smallest absolute Gasteiger partial charge is 0.309 e. The van der Waals surface area contributed by atoms with E-state index in [9.17, 15) is 13.2 Å². The SMILES string of the molecule is Cc1ccc(N(c2ccccc2)c2ccc(-c3cc(C(F)(F)F)[nH]n3)nc2)cc1.